The summed E-state index contributed by atoms with van der Waals surface area (Å²) < 4.78 is 20.0. The quantitative estimate of drug-likeness (QED) is 0.275. The average molecular weight is 523 g/mol. The molecule has 0 amide bonds. The van der Waals surface area contributed by atoms with Crippen molar-refractivity contribution in [3.63, 3.8) is 0 Å². The molecule has 36 heavy (non-hydrogen) atoms. The number of hydrogen-bond acceptors (Lipinski definition) is 8. The molecule has 4 aromatic rings. The van der Waals surface area contributed by atoms with Gasteiger partial charge in [-0.05, 0) is 55.8 Å². The number of ether oxygens (including phenoxy) is 1. The standard InChI is InChI=1S/C26H24ClFN6OS/c1-34(15-20-3-2-10-35-20)14-16-4-6-18(7-5-16)32-26-33-25-24(36-26)23(17(12-29)13-30-25)31-19-8-9-22(28)21(27)11-19/h4-9,11,13,20H,2-3,10,14-15H2,1H3,(H2,30,31,32,33). The van der Waals surface area contributed by atoms with Crippen LogP contribution < -0.4 is 10.6 Å². The molecule has 2 aromatic carbocycles. The summed E-state index contributed by atoms with van der Waals surface area (Å²) in [5.41, 5.74) is 4.10. The highest BCUT2D eigenvalue weighted by Gasteiger charge is 2.18. The Balaban J connectivity index is 1.31. The minimum atomic E-state index is -0.507. The molecule has 0 saturated carbocycles. The molecule has 3 heterocycles. The maximum Gasteiger partial charge on any atom is 0.189 e. The van der Waals surface area contributed by atoms with Crippen LogP contribution in [0.15, 0.2) is 48.7 Å². The lowest BCUT2D eigenvalue weighted by Gasteiger charge is -2.20. The Kier molecular flexibility index (Phi) is 7.30. The van der Waals surface area contributed by atoms with Gasteiger partial charge in [-0.1, -0.05) is 35.1 Å². The largest absolute Gasteiger partial charge is 0.377 e. The van der Waals surface area contributed by atoms with Gasteiger partial charge in [0.2, 0.25) is 0 Å². The van der Waals surface area contributed by atoms with E-state index >= 15 is 0 Å². The minimum Gasteiger partial charge on any atom is -0.377 e. The lowest BCUT2D eigenvalue weighted by atomic mass is 10.2. The van der Waals surface area contributed by atoms with Crippen LogP contribution in [-0.2, 0) is 11.3 Å². The summed E-state index contributed by atoms with van der Waals surface area (Å²) in [6, 6.07) is 14.7. The molecule has 1 atom stereocenters. The maximum atomic E-state index is 13.6. The fourth-order valence-corrected chi connectivity index (χ4v) is 5.31. The van der Waals surface area contributed by atoms with Gasteiger partial charge in [-0.3, -0.25) is 4.90 Å². The van der Waals surface area contributed by atoms with Gasteiger partial charge in [0.25, 0.3) is 0 Å². The number of fused-ring (bicyclic) bond motifs is 1. The van der Waals surface area contributed by atoms with Crippen molar-refractivity contribution in [2.45, 2.75) is 25.5 Å². The third-order valence-electron chi connectivity index (χ3n) is 5.93. The Bertz CT molecular complexity index is 1410. The molecule has 1 saturated heterocycles. The SMILES string of the molecule is CN(Cc1ccc(Nc2nc3ncc(C#N)c(Nc4ccc(F)c(Cl)c4)c3s2)cc1)CC1CCCO1. The van der Waals surface area contributed by atoms with Crippen LogP contribution in [-0.4, -0.2) is 41.2 Å². The fourth-order valence-electron chi connectivity index (χ4n) is 4.18. The van der Waals surface area contributed by atoms with E-state index < -0.39 is 5.82 Å². The monoisotopic (exact) mass is 522 g/mol. The summed E-state index contributed by atoms with van der Waals surface area (Å²) in [6.07, 6.45) is 4.09. The second-order valence-electron chi connectivity index (χ2n) is 8.74. The molecular weight excluding hydrogens is 499 g/mol. The number of nitrogens with one attached hydrogen (secondary N) is 2. The molecule has 0 aliphatic carbocycles. The molecule has 1 aliphatic rings. The van der Waals surface area contributed by atoms with E-state index in [0.717, 1.165) is 38.2 Å². The number of benzene rings is 2. The molecule has 2 N–H and O–H groups in total. The van der Waals surface area contributed by atoms with Crippen LogP contribution in [0.25, 0.3) is 10.3 Å². The fraction of sp³-hybridized carbons (Fsp3) is 0.269. The first-order valence-electron chi connectivity index (χ1n) is 11.6. The van der Waals surface area contributed by atoms with Gasteiger partial charge in [-0.15, -0.1) is 0 Å². The third kappa shape index (κ3) is 5.58. The minimum absolute atomic E-state index is 0.00280. The zero-order valence-corrected chi connectivity index (χ0v) is 21.2. The van der Waals surface area contributed by atoms with Crippen LogP contribution in [0.2, 0.25) is 5.02 Å². The van der Waals surface area contributed by atoms with Gasteiger partial charge in [-0.2, -0.15) is 10.2 Å². The van der Waals surface area contributed by atoms with E-state index in [1.807, 2.05) is 12.1 Å². The Hall–Kier alpha value is -3.29. The molecule has 7 nitrogen and oxygen atoms in total. The van der Waals surface area contributed by atoms with Gasteiger partial charge < -0.3 is 15.4 Å². The lowest BCUT2D eigenvalue weighted by Crippen LogP contribution is -2.28. The Labute approximate surface area is 217 Å². The number of hydrogen-bond donors (Lipinski definition) is 2. The van der Waals surface area contributed by atoms with Crippen LogP contribution in [0.1, 0.15) is 24.0 Å². The van der Waals surface area contributed by atoms with E-state index in [0.29, 0.717) is 38.5 Å². The first kappa shape index (κ1) is 24.4. The first-order chi connectivity index (χ1) is 17.5. The van der Waals surface area contributed by atoms with Crippen LogP contribution >= 0.6 is 22.9 Å². The smallest absolute Gasteiger partial charge is 0.189 e. The molecule has 1 aliphatic heterocycles. The zero-order chi connectivity index (χ0) is 25.1. The summed E-state index contributed by atoms with van der Waals surface area (Å²) in [5, 5.41) is 16.8. The van der Waals surface area contributed by atoms with Gasteiger partial charge in [0.15, 0.2) is 10.8 Å². The predicted octanol–water partition coefficient (Wildman–Crippen LogP) is 6.45. The molecule has 2 aromatic heterocycles. The van der Waals surface area contributed by atoms with Crippen molar-refractivity contribution in [3.05, 3.63) is 70.6 Å². The maximum absolute atomic E-state index is 13.6. The van der Waals surface area contributed by atoms with E-state index in [1.54, 1.807) is 6.07 Å². The highest BCUT2D eigenvalue weighted by molar-refractivity contribution is 7.22. The number of nitriles is 1. The molecule has 10 heteroatoms. The third-order valence-corrected chi connectivity index (χ3v) is 7.20. The van der Waals surface area contributed by atoms with Crippen molar-refractivity contribution in [2.24, 2.45) is 0 Å². The predicted molar refractivity (Wildman–Crippen MR) is 142 cm³/mol. The second-order valence-corrected chi connectivity index (χ2v) is 10.1. The Morgan fingerprint density at radius 3 is 2.75 bits per heavy atom. The van der Waals surface area contributed by atoms with E-state index in [9.17, 15) is 9.65 Å². The number of pyridine rings is 1. The molecule has 0 bridgehead atoms. The zero-order valence-electron chi connectivity index (χ0n) is 19.6. The molecule has 1 fully saturated rings. The number of anilines is 4. The summed E-state index contributed by atoms with van der Waals surface area (Å²) >= 11 is 7.30. The van der Waals surface area contributed by atoms with Crippen molar-refractivity contribution in [1.82, 2.24) is 14.9 Å². The van der Waals surface area contributed by atoms with Crippen LogP contribution in [0.4, 0.5) is 26.6 Å². The number of thiazole rings is 1. The highest BCUT2D eigenvalue weighted by atomic mass is 35.5. The van der Waals surface area contributed by atoms with Crippen LogP contribution in [0, 0.1) is 17.1 Å². The number of likely N-dealkylation sites (N-methyl/N-ethyl adjacent to an activating group) is 1. The number of halogens is 2. The molecular formula is C26H24ClFN6OS. The highest BCUT2D eigenvalue weighted by Crippen LogP contribution is 2.36. The van der Waals surface area contributed by atoms with Crippen molar-refractivity contribution in [1.29, 1.82) is 5.26 Å². The Morgan fingerprint density at radius 2 is 2.03 bits per heavy atom. The molecule has 5 rings (SSSR count). The van der Waals surface area contributed by atoms with Crippen LogP contribution in [0.5, 0.6) is 0 Å². The summed E-state index contributed by atoms with van der Waals surface area (Å²) in [6.45, 7) is 2.66. The van der Waals surface area contributed by atoms with Crippen molar-refractivity contribution >= 4 is 55.5 Å². The van der Waals surface area contributed by atoms with Gasteiger partial charge in [0, 0.05) is 37.3 Å². The molecule has 184 valence electrons. The summed E-state index contributed by atoms with van der Waals surface area (Å²) in [5.74, 6) is -0.507. The van der Waals surface area contributed by atoms with Crippen molar-refractivity contribution < 1.29 is 9.13 Å². The summed E-state index contributed by atoms with van der Waals surface area (Å²) in [4.78, 5) is 11.2. The number of nitrogens with zero attached hydrogens (tertiary/aromatic N) is 4. The second kappa shape index (κ2) is 10.8. The van der Waals surface area contributed by atoms with E-state index in [4.69, 9.17) is 16.3 Å². The topological polar surface area (TPSA) is 86.1 Å². The van der Waals surface area contributed by atoms with Crippen molar-refractivity contribution in [3.8, 4) is 6.07 Å². The van der Waals surface area contributed by atoms with Crippen molar-refractivity contribution in [2.75, 3.05) is 30.8 Å². The molecule has 0 spiro atoms. The van der Waals surface area contributed by atoms with E-state index in [1.165, 1.54) is 35.2 Å². The normalized spacial score (nSPS) is 15.4. The van der Waals surface area contributed by atoms with Crippen LogP contribution in [0.3, 0.4) is 0 Å². The first-order valence-corrected chi connectivity index (χ1v) is 12.8. The van der Waals surface area contributed by atoms with E-state index in [-0.39, 0.29) is 5.02 Å². The van der Waals surface area contributed by atoms with Gasteiger partial charge >= 0.3 is 0 Å². The van der Waals surface area contributed by atoms with Gasteiger partial charge in [0.1, 0.15) is 16.6 Å². The number of rotatable bonds is 8. The van der Waals surface area contributed by atoms with Gasteiger partial charge in [0.05, 0.1) is 22.4 Å². The number of aromatic nitrogens is 2. The molecule has 1 unspecified atom stereocenters. The summed E-state index contributed by atoms with van der Waals surface area (Å²) in [7, 11) is 2.11. The lowest BCUT2D eigenvalue weighted by molar-refractivity contribution is 0.0793. The van der Waals surface area contributed by atoms with Gasteiger partial charge in [-0.25, -0.2) is 9.37 Å². The molecule has 0 radical (unpaired) electrons. The van der Waals surface area contributed by atoms with E-state index in [2.05, 4.69) is 50.8 Å². The average Bonchev–Trinajstić information content (AvgIpc) is 3.52. The Morgan fingerprint density at radius 1 is 1.22 bits per heavy atom.